The van der Waals surface area contributed by atoms with Crippen LogP contribution >= 0.6 is 0 Å². The highest BCUT2D eigenvalue weighted by atomic mass is 16.5. The number of carbonyl (C=O) groups excluding carboxylic acids is 4. The van der Waals surface area contributed by atoms with Gasteiger partial charge in [0, 0.05) is 30.3 Å². The first-order valence-electron chi connectivity index (χ1n) is 19.1. The summed E-state index contributed by atoms with van der Waals surface area (Å²) in [7, 11) is 4.36. The lowest BCUT2D eigenvalue weighted by Gasteiger charge is -2.40. The number of para-hydroxylation sites is 2. The zero-order chi connectivity index (χ0) is 42.4. The fourth-order valence-electron chi connectivity index (χ4n) is 7.99. The van der Waals surface area contributed by atoms with E-state index < -0.39 is 17.3 Å². The molecule has 310 valence electrons. The number of carbonyl (C=O) groups is 4. The second-order valence-corrected chi connectivity index (χ2v) is 14.4. The highest BCUT2D eigenvalue weighted by Crippen LogP contribution is 2.41. The minimum Gasteiger partial charge on any atom is -0.496 e. The van der Waals surface area contributed by atoms with Gasteiger partial charge >= 0.3 is 11.6 Å². The molecule has 3 unspecified atom stereocenters. The molecule has 14 nitrogen and oxygen atoms in total. The second-order valence-electron chi connectivity index (χ2n) is 14.4. The summed E-state index contributed by atoms with van der Waals surface area (Å²) in [5.41, 5.74) is 3.30. The minimum absolute atomic E-state index is 0.112. The number of Topliss-reactive ketones (excluding diaryl/α,β-unsaturated/α-hetero) is 1. The number of hydrogen-bond acceptors (Lipinski definition) is 11. The van der Waals surface area contributed by atoms with Crippen LogP contribution in [0.2, 0.25) is 0 Å². The standard InChI is InChI=1S/C23H25NO5.C22H22N2O4.H3NO/c1-28-20-11-7-6-10-17(20)21(26)24-15-23(16-8-4-3-5-9-16)13-12-19(25)18(14-23)22(27)29-2;1-27-19-10-6-5-9-16(19)20(25)23-14-22(15-7-3-2-4-8-15)12-11-18-17(13-22)21(26)28-24-18;1-2/h3-11,18H,12-15H2,1-2H3,(H,24,26);2-10,24H,11-14H2,1H3,(H,23,25);2H,1H2. The van der Waals surface area contributed by atoms with Gasteiger partial charge in [-0.25, -0.2) is 15.8 Å². The lowest BCUT2D eigenvalue weighted by Crippen LogP contribution is -2.48. The number of esters is 1. The number of rotatable bonds is 11. The average molecular weight is 807 g/mol. The van der Waals surface area contributed by atoms with Crippen LogP contribution in [-0.2, 0) is 38.0 Å². The summed E-state index contributed by atoms with van der Waals surface area (Å²) in [4.78, 5) is 62.3. The first-order valence-corrected chi connectivity index (χ1v) is 19.1. The number of aromatic nitrogens is 1. The Morgan fingerprint density at radius 1 is 0.712 bits per heavy atom. The molecule has 14 heteroatoms. The van der Waals surface area contributed by atoms with Crippen LogP contribution in [0.5, 0.6) is 11.5 Å². The molecule has 1 aromatic heterocycles. The summed E-state index contributed by atoms with van der Waals surface area (Å²) in [6.45, 7) is 0.715. The number of ether oxygens (including phenoxy) is 3. The fourth-order valence-corrected chi connectivity index (χ4v) is 7.99. The Balaban J connectivity index is 0.000000215. The van der Waals surface area contributed by atoms with Gasteiger partial charge in [0.05, 0.1) is 43.7 Å². The predicted octanol–water partition coefficient (Wildman–Crippen LogP) is 5.07. The van der Waals surface area contributed by atoms with Crippen molar-refractivity contribution in [3.63, 3.8) is 0 Å². The van der Waals surface area contributed by atoms with Gasteiger partial charge in [0.2, 0.25) is 0 Å². The smallest absolute Gasteiger partial charge is 0.360 e. The van der Waals surface area contributed by atoms with Crippen molar-refractivity contribution in [2.24, 2.45) is 11.8 Å². The van der Waals surface area contributed by atoms with Gasteiger partial charge in [-0.15, -0.1) is 0 Å². The molecule has 1 saturated carbocycles. The zero-order valence-electron chi connectivity index (χ0n) is 33.3. The highest BCUT2D eigenvalue weighted by molar-refractivity contribution is 6.00. The Bertz CT molecular complexity index is 2250. The summed E-state index contributed by atoms with van der Waals surface area (Å²) in [6.07, 6.45) is 3.13. The summed E-state index contributed by atoms with van der Waals surface area (Å²) in [5, 5.41) is 15.3. The van der Waals surface area contributed by atoms with E-state index >= 15 is 0 Å². The average Bonchev–Trinajstić information content (AvgIpc) is 3.67. The van der Waals surface area contributed by atoms with Crippen molar-refractivity contribution in [1.29, 1.82) is 0 Å². The molecule has 2 aliphatic rings. The molecule has 0 spiro atoms. The molecule has 4 aromatic carbocycles. The van der Waals surface area contributed by atoms with Crippen molar-refractivity contribution < 1.29 is 43.1 Å². The van der Waals surface area contributed by atoms with E-state index in [-0.39, 0.29) is 35.1 Å². The summed E-state index contributed by atoms with van der Waals surface area (Å²) < 4.78 is 20.4. The molecule has 5 aromatic rings. The van der Waals surface area contributed by atoms with E-state index in [1.165, 1.54) is 14.2 Å². The molecule has 1 heterocycles. The van der Waals surface area contributed by atoms with E-state index in [0.717, 1.165) is 23.2 Å². The van der Waals surface area contributed by atoms with Gasteiger partial charge in [-0.05, 0) is 67.5 Å². The Hall–Kier alpha value is -6.51. The van der Waals surface area contributed by atoms with Gasteiger partial charge in [0.25, 0.3) is 11.8 Å². The number of ketones is 1. The number of nitrogens with one attached hydrogen (secondary N) is 3. The molecule has 3 atom stereocenters. The van der Waals surface area contributed by atoms with E-state index in [1.54, 1.807) is 43.5 Å². The normalized spacial score (nSPS) is 19.3. The van der Waals surface area contributed by atoms with Crippen molar-refractivity contribution in [3.8, 4) is 11.5 Å². The van der Waals surface area contributed by atoms with Crippen molar-refractivity contribution in [1.82, 2.24) is 15.8 Å². The first-order chi connectivity index (χ1) is 28.6. The van der Waals surface area contributed by atoms with Crippen molar-refractivity contribution >= 4 is 23.6 Å². The van der Waals surface area contributed by atoms with Crippen LogP contribution in [0, 0.1) is 5.92 Å². The molecule has 0 radical (unpaired) electrons. The minimum atomic E-state index is -0.822. The Kier molecular flexibility index (Phi) is 15.0. The number of nitrogens with two attached hydrogens (primary N) is 1. The van der Waals surface area contributed by atoms with Crippen molar-refractivity contribution in [2.75, 3.05) is 34.4 Å². The summed E-state index contributed by atoms with van der Waals surface area (Å²) >= 11 is 0. The van der Waals surface area contributed by atoms with E-state index in [9.17, 15) is 24.0 Å². The van der Waals surface area contributed by atoms with Gasteiger partial charge in [-0.2, -0.15) is 0 Å². The largest absolute Gasteiger partial charge is 0.496 e. The third-order valence-corrected chi connectivity index (χ3v) is 11.2. The summed E-state index contributed by atoms with van der Waals surface area (Å²) in [6, 6.07) is 33.9. The predicted molar refractivity (Wildman–Crippen MR) is 219 cm³/mol. The van der Waals surface area contributed by atoms with Crippen LogP contribution in [0.25, 0.3) is 0 Å². The summed E-state index contributed by atoms with van der Waals surface area (Å²) in [5.74, 6) is 2.61. The second kappa shape index (κ2) is 20.3. The van der Waals surface area contributed by atoms with Crippen molar-refractivity contribution in [2.45, 2.75) is 49.4 Å². The van der Waals surface area contributed by atoms with E-state index in [0.29, 0.717) is 67.0 Å². The quantitative estimate of drug-likeness (QED) is 0.0675. The first kappa shape index (κ1) is 43.6. The maximum Gasteiger partial charge on any atom is 0.360 e. The third-order valence-electron chi connectivity index (χ3n) is 11.2. The molecule has 1 fully saturated rings. The molecular weight excluding hydrogens is 757 g/mol. The van der Waals surface area contributed by atoms with Gasteiger partial charge in [-0.3, -0.25) is 19.2 Å². The molecule has 2 aliphatic carbocycles. The molecule has 7 rings (SSSR count). The Morgan fingerprint density at radius 2 is 1.19 bits per heavy atom. The molecule has 0 saturated heterocycles. The molecule has 0 bridgehead atoms. The number of aromatic amines is 1. The number of benzene rings is 4. The van der Waals surface area contributed by atoms with E-state index in [2.05, 4.69) is 33.8 Å². The van der Waals surface area contributed by atoms with Crippen molar-refractivity contribution in [3.05, 3.63) is 153 Å². The molecule has 2 amide bonds. The van der Waals surface area contributed by atoms with Crippen LogP contribution in [0.3, 0.4) is 0 Å². The van der Waals surface area contributed by atoms with Gasteiger partial charge in [-0.1, -0.05) is 84.9 Å². The number of H-pyrrole nitrogens is 1. The molecule has 6 N–H and O–H groups in total. The van der Waals surface area contributed by atoms with E-state index in [4.69, 9.17) is 23.9 Å². The maximum absolute atomic E-state index is 12.8. The molecular formula is C45H50N4O10. The number of fused-ring (bicyclic) bond motifs is 1. The maximum atomic E-state index is 12.8. The van der Waals surface area contributed by atoms with E-state index in [1.807, 2.05) is 60.7 Å². The lowest BCUT2D eigenvalue weighted by molar-refractivity contribution is -0.151. The molecule has 0 aliphatic heterocycles. The van der Waals surface area contributed by atoms with Crippen LogP contribution in [-0.4, -0.2) is 68.3 Å². The number of aryl methyl sites for hydroxylation is 1. The third kappa shape index (κ3) is 9.97. The molecule has 59 heavy (non-hydrogen) atoms. The number of hydrogen-bond donors (Lipinski definition) is 5. The van der Waals surface area contributed by atoms with Crippen LogP contribution in [0.1, 0.15) is 68.8 Å². The Morgan fingerprint density at radius 3 is 1.71 bits per heavy atom. The van der Waals surface area contributed by atoms with Gasteiger partial charge < -0.3 is 34.6 Å². The van der Waals surface area contributed by atoms with Crippen LogP contribution in [0.4, 0.5) is 0 Å². The number of methoxy groups -OCH3 is 3. The topological polar surface area (TPSA) is 212 Å². The fraction of sp³-hybridized carbons (Fsp3) is 0.311. The SMILES string of the molecule is COC(=O)C1CC(CNC(=O)c2ccccc2OC)(c2ccccc2)CCC1=O.COc1ccccc1C(=O)NCC1(c2ccccc2)CCc2[nH]oc(=O)c2C1.NO. The van der Waals surface area contributed by atoms with Crippen LogP contribution < -0.4 is 31.6 Å². The number of amides is 2. The van der Waals surface area contributed by atoms with Gasteiger partial charge in [0.15, 0.2) is 0 Å². The Labute approximate surface area is 342 Å². The zero-order valence-corrected chi connectivity index (χ0v) is 33.3. The van der Waals surface area contributed by atoms with Gasteiger partial charge in [0.1, 0.15) is 23.2 Å². The monoisotopic (exact) mass is 806 g/mol. The highest BCUT2D eigenvalue weighted by Gasteiger charge is 2.45. The lowest BCUT2D eigenvalue weighted by atomic mass is 9.65. The van der Waals surface area contributed by atoms with Crippen LogP contribution in [0.15, 0.2) is 119 Å².